The number of carbonyl (C=O) groups excluding carboxylic acids is 2. The lowest BCUT2D eigenvalue weighted by molar-refractivity contribution is 0.0981. The average Bonchev–Trinajstić information content (AvgIpc) is 3.74. The third kappa shape index (κ3) is 7.62. The second-order valence-electron chi connectivity index (χ2n) is 14.2. The van der Waals surface area contributed by atoms with Crippen molar-refractivity contribution in [1.82, 2.24) is 0 Å². The van der Waals surface area contributed by atoms with Gasteiger partial charge in [-0.25, -0.2) is 0 Å². The smallest absolute Gasteiger partial charge is 0.260 e. The Balaban J connectivity index is 1.06. The SMILES string of the molecule is CNc1cc(COc2cc(NCC3Cc4ccccc4N3C)c(C=O)cc2OC)cc(COc2cc(NC)c(C(=O)N3c4ccccc4C[C@H]3C)cc2OC)c1. The Morgan fingerprint density at radius 3 is 1.96 bits per heavy atom. The Morgan fingerprint density at radius 2 is 1.36 bits per heavy atom. The Bertz CT molecular complexity index is 2240. The number of hydrogen-bond donors (Lipinski definition) is 3. The summed E-state index contributed by atoms with van der Waals surface area (Å²) < 4.78 is 24.1. The van der Waals surface area contributed by atoms with Gasteiger partial charge in [-0.1, -0.05) is 36.4 Å². The van der Waals surface area contributed by atoms with Gasteiger partial charge in [-0.05, 0) is 84.5 Å². The number of para-hydroxylation sites is 2. The molecule has 0 bridgehead atoms. The number of nitrogens with one attached hydrogen (secondary N) is 3. The van der Waals surface area contributed by atoms with Gasteiger partial charge >= 0.3 is 0 Å². The van der Waals surface area contributed by atoms with Crippen molar-refractivity contribution in [1.29, 1.82) is 0 Å². The molecule has 2 aliphatic rings. The Labute approximate surface area is 328 Å². The molecule has 0 spiro atoms. The first-order chi connectivity index (χ1) is 27.2. The number of rotatable bonds is 15. The molecule has 11 nitrogen and oxygen atoms in total. The maximum absolute atomic E-state index is 14.0. The van der Waals surface area contributed by atoms with Crippen molar-refractivity contribution in [3.05, 3.63) is 124 Å². The normalized spacial score (nSPS) is 15.5. The summed E-state index contributed by atoms with van der Waals surface area (Å²) in [5.41, 5.74) is 9.65. The van der Waals surface area contributed by atoms with Crippen molar-refractivity contribution in [2.75, 3.05) is 67.7 Å². The Hall–Kier alpha value is -6.36. The number of ether oxygens (including phenoxy) is 4. The molecule has 290 valence electrons. The molecule has 2 aliphatic heterocycles. The van der Waals surface area contributed by atoms with Crippen LogP contribution in [0, 0.1) is 0 Å². The fourth-order valence-electron chi connectivity index (χ4n) is 7.77. The van der Waals surface area contributed by atoms with Crippen molar-refractivity contribution in [3.8, 4) is 23.0 Å². The lowest BCUT2D eigenvalue weighted by Crippen LogP contribution is -2.36. The van der Waals surface area contributed by atoms with Crippen LogP contribution in [0.1, 0.15) is 49.9 Å². The molecule has 7 rings (SSSR count). The monoisotopic (exact) mass is 755 g/mol. The summed E-state index contributed by atoms with van der Waals surface area (Å²) in [6.07, 6.45) is 2.56. The maximum Gasteiger partial charge on any atom is 0.260 e. The molecular weight excluding hydrogens is 707 g/mol. The minimum atomic E-state index is -0.101. The van der Waals surface area contributed by atoms with Gasteiger partial charge in [0.2, 0.25) is 0 Å². The molecule has 56 heavy (non-hydrogen) atoms. The number of hydrogen-bond acceptors (Lipinski definition) is 10. The number of aldehydes is 1. The first kappa shape index (κ1) is 37.9. The van der Waals surface area contributed by atoms with Crippen LogP contribution in [0.4, 0.5) is 28.4 Å². The zero-order valence-electron chi connectivity index (χ0n) is 32.8. The van der Waals surface area contributed by atoms with Crippen LogP contribution in [0.15, 0.2) is 91.0 Å². The van der Waals surface area contributed by atoms with Crippen LogP contribution >= 0.6 is 0 Å². The van der Waals surface area contributed by atoms with Gasteiger partial charge in [-0.3, -0.25) is 9.59 Å². The second-order valence-corrected chi connectivity index (χ2v) is 14.2. The van der Waals surface area contributed by atoms with Crippen LogP contribution in [-0.2, 0) is 26.1 Å². The predicted octanol–water partition coefficient (Wildman–Crippen LogP) is 7.82. The van der Waals surface area contributed by atoms with Crippen LogP contribution < -0.4 is 44.7 Å². The zero-order chi connectivity index (χ0) is 39.3. The molecule has 1 unspecified atom stereocenters. The number of methoxy groups -OCH3 is 2. The van der Waals surface area contributed by atoms with Crippen LogP contribution in [0.25, 0.3) is 0 Å². The van der Waals surface area contributed by atoms with Gasteiger partial charge in [0, 0.05) is 74.2 Å². The van der Waals surface area contributed by atoms with Gasteiger partial charge in [0.05, 0.1) is 31.5 Å². The summed E-state index contributed by atoms with van der Waals surface area (Å²) in [7, 11) is 8.89. The maximum atomic E-state index is 14.0. The summed E-state index contributed by atoms with van der Waals surface area (Å²) in [6.45, 7) is 3.18. The van der Waals surface area contributed by atoms with E-state index in [2.05, 4.69) is 65.2 Å². The number of carbonyl (C=O) groups is 2. The summed E-state index contributed by atoms with van der Waals surface area (Å²) in [5.74, 6) is 1.84. The summed E-state index contributed by atoms with van der Waals surface area (Å²) in [5, 5.41) is 9.93. The molecule has 1 amide bonds. The predicted molar refractivity (Wildman–Crippen MR) is 223 cm³/mol. The number of anilines is 5. The highest BCUT2D eigenvalue weighted by atomic mass is 16.5. The quantitative estimate of drug-likeness (QED) is 0.0915. The van der Waals surface area contributed by atoms with E-state index in [0.717, 1.165) is 47.2 Å². The van der Waals surface area contributed by atoms with Crippen LogP contribution in [-0.4, -0.2) is 66.2 Å². The topological polar surface area (TPSA) is 114 Å². The number of fused-ring (bicyclic) bond motifs is 2. The van der Waals surface area contributed by atoms with E-state index in [1.165, 1.54) is 11.3 Å². The largest absolute Gasteiger partial charge is 0.493 e. The summed E-state index contributed by atoms with van der Waals surface area (Å²) >= 11 is 0. The number of amides is 1. The van der Waals surface area contributed by atoms with Crippen molar-refractivity contribution < 1.29 is 28.5 Å². The van der Waals surface area contributed by atoms with Crippen molar-refractivity contribution in [2.24, 2.45) is 0 Å². The molecule has 0 aromatic heterocycles. The van der Waals surface area contributed by atoms with Crippen molar-refractivity contribution in [3.63, 3.8) is 0 Å². The lowest BCUT2D eigenvalue weighted by Gasteiger charge is -2.25. The third-order valence-electron chi connectivity index (χ3n) is 10.7. The highest BCUT2D eigenvalue weighted by Crippen LogP contribution is 2.39. The van der Waals surface area contributed by atoms with Crippen LogP contribution in [0.3, 0.4) is 0 Å². The molecule has 0 fully saturated rings. The molecule has 0 saturated carbocycles. The van der Waals surface area contributed by atoms with Gasteiger partial charge in [0.15, 0.2) is 29.3 Å². The summed E-state index contributed by atoms with van der Waals surface area (Å²) in [6, 6.07) is 29.9. The van der Waals surface area contributed by atoms with Gasteiger partial charge < -0.3 is 44.7 Å². The van der Waals surface area contributed by atoms with Gasteiger partial charge in [0.1, 0.15) is 13.2 Å². The lowest BCUT2D eigenvalue weighted by atomic mass is 10.1. The van der Waals surface area contributed by atoms with E-state index in [1.807, 2.05) is 60.5 Å². The molecule has 0 aliphatic carbocycles. The van der Waals surface area contributed by atoms with Crippen LogP contribution in [0.5, 0.6) is 23.0 Å². The number of nitrogens with zero attached hydrogens (tertiary/aromatic N) is 2. The molecule has 5 aromatic carbocycles. The van der Waals surface area contributed by atoms with E-state index in [4.69, 9.17) is 18.9 Å². The van der Waals surface area contributed by atoms with Gasteiger partial charge in [-0.2, -0.15) is 0 Å². The molecule has 11 heteroatoms. The molecule has 0 radical (unpaired) electrons. The Morgan fingerprint density at radius 1 is 0.750 bits per heavy atom. The number of likely N-dealkylation sites (N-methyl/N-ethyl adjacent to an activating group) is 1. The molecular formula is C45H49N5O6. The molecule has 5 aromatic rings. The fourth-order valence-corrected chi connectivity index (χ4v) is 7.77. The van der Waals surface area contributed by atoms with E-state index >= 15 is 0 Å². The molecule has 2 atom stereocenters. The van der Waals surface area contributed by atoms with Crippen molar-refractivity contribution in [2.45, 2.75) is 45.1 Å². The van der Waals surface area contributed by atoms with Gasteiger partial charge in [-0.15, -0.1) is 0 Å². The first-order valence-corrected chi connectivity index (χ1v) is 18.8. The van der Waals surface area contributed by atoms with E-state index in [0.29, 0.717) is 52.0 Å². The minimum absolute atomic E-state index is 0.0302. The standard InChI is InChI=1S/C45H49N5O6/c1-28-15-31-11-8-10-14-40(31)50(28)45(52)36-21-42(54-6)44(23-38(36)47-3)56-27-30-16-29(17-34(18-30)46-2)26-55-43-22-37(33(25-51)20-41(43)53-5)48-24-35-19-32-12-7-9-13-39(32)49(35)4/h7-14,16-18,20-23,25,28,35,46-48H,15,19,24,26-27H2,1-6H3/t28-,35?/m1/s1. The first-order valence-electron chi connectivity index (χ1n) is 18.8. The van der Waals surface area contributed by atoms with E-state index in [-0.39, 0.29) is 31.2 Å². The molecule has 2 heterocycles. The number of benzene rings is 5. The molecule has 0 saturated heterocycles. The third-order valence-corrected chi connectivity index (χ3v) is 10.7. The second kappa shape index (κ2) is 16.6. The minimum Gasteiger partial charge on any atom is -0.493 e. The fraction of sp³-hybridized carbons (Fsp3) is 0.289. The van der Waals surface area contributed by atoms with E-state index in [1.54, 1.807) is 33.4 Å². The highest BCUT2D eigenvalue weighted by Gasteiger charge is 2.33. The Kier molecular flexibility index (Phi) is 11.2. The summed E-state index contributed by atoms with van der Waals surface area (Å²) in [4.78, 5) is 30.3. The molecule has 3 N–H and O–H groups in total. The van der Waals surface area contributed by atoms with Crippen LogP contribution in [0.2, 0.25) is 0 Å². The highest BCUT2D eigenvalue weighted by molar-refractivity contribution is 6.11. The zero-order valence-corrected chi connectivity index (χ0v) is 32.8. The van der Waals surface area contributed by atoms with E-state index < -0.39 is 0 Å². The van der Waals surface area contributed by atoms with E-state index in [9.17, 15) is 9.59 Å². The average molecular weight is 756 g/mol. The van der Waals surface area contributed by atoms with Crippen molar-refractivity contribution >= 4 is 40.6 Å². The van der Waals surface area contributed by atoms with Gasteiger partial charge in [0.25, 0.3) is 5.91 Å².